The minimum Gasteiger partial charge on any atom is -0.444 e. The highest BCUT2D eigenvalue weighted by molar-refractivity contribution is 5.80. The first-order valence-electron chi connectivity index (χ1n) is 8.71. The minimum atomic E-state index is -0.541. The number of ether oxygens (including phenoxy) is 1. The number of aliphatic hydroxyl groups excluding tert-OH is 1. The number of aliphatic hydroxyl groups is 1. The summed E-state index contributed by atoms with van der Waals surface area (Å²) < 4.78 is 5.38. The molecule has 2 amide bonds. The van der Waals surface area contributed by atoms with Gasteiger partial charge in [-0.15, -0.1) is 0 Å². The largest absolute Gasteiger partial charge is 0.444 e. The maximum absolute atomic E-state index is 12.7. The van der Waals surface area contributed by atoms with Gasteiger partial charge in [-0.2, -0.15) is 0 Å². The highest BCUT2D eigenvalue weighted by Gasteiger charge is 2.36. The lowest BCUT2D eigenvalue weighted by atomic mass is 9.87. The normalized spacial score (nSPS) is 23.7. The number of hydrogen-bond donors (Lipinski definition) is 1. The van der Waals surface area contributed by atoms with Gasteiger partial charge in [0.2, 0.25) is 5.91 Å². The van der Waals surface area contributed by atoms with Crippen molar-refractivity contribution in [3.63, 3.8) is 0 Å². The molecule has 1 saturated carbocycles. The van der Waals surface area contributed by atoms with Crippen molar-refractivity contribution in [2.24, 2.45) is 5.92 Å². The molecule has 23 heavy (non-hydrogen) atoms. The molecule has 132 valence electrons. The third-order valence-electron chi connectivity index (χ3n) is 4.58. The van der Waals surface area contributed by atoms with E-state index in [9.17, 15) is 14.7 Å². The van der Waals surface area contributed by atoms with E-state index in [0.717, 1.165) is 25.7 Å². The summed E-state index contributed by atoms with van der Waals surface area (Å²) in [6.07, 6.45) is 4.95. The predicted octanol–water partition coefficient (Wildman–Crippen LogP) is 2.01. The second-order valence-electron chi connectivity index (χ2n) is 7.63. The summed E-state index contributed by atoms with van der Waals surface area (Å²) in [6, 6.07) is -0.328. The molecule has 2 rings (SSSR count). The number of rotatable bonds is 2. The lowest BCUT2D eigenvalue weighted by Crippen LogP contribution is -2.59. The van der Waals surface area contributed by atoms with Crippen LogP contribution in [-0.4, -0.2) is 64.8 Å². The van der Waals surface area contributed by atoms with E-state index in [1.165, 1.54) is 6.42 Å². The number of amides is 2. The van der Waals surface area contributed by atoms with Crippen molar-refractivity contribution in [1.29, 1.82) is 0 Å². The Morgan fingerprint density at radius 1 is 1.13 bits per heavy atom. The molecule has 1 N–H and O–H groups in total. The average Bonchev–Trinajstić information content (AvgIpc) is 2.52. The topological polar surface area (TPSA) is 70.1 Å². The molecule has 1 heterocycles. The molecule has 1 aliphatic heterocycles. The van der Waals surface area contributed by atoms with Crippen LogP contribution in [0.15, 0.2) is 0 Å². The van der Waals surface area contributed by atoms with Gasteiger partial charge in [-0.25, -0.2) is 4.79 Å². The van der Waals surface area contributed by atoms with Gasteiger partial charge in [0.1, 0.15) is 5.60 Å². The maximum Gasteiger partial charge on any atom is 0.410 e. The number of piperazine rings is 1. The van der Waals surface area contributed by atoms with Crippen molar-refractivity contribution in [3.05, 3.63) is 0 Å². The highest BCUT2D eigenvalue weighted by atomic mass is 16.6. The molecule has 1 saturated heterocycles. The van der Waals surface area contributed by atoms with Crippen molar-refractivity contribution in [2.45, 2.75) is 64.5 Å². The summed E-state index contributed by atoms with van der Waals surface area (Å²) in [6.45, 7) is 6.64. The molecule has 6 nitrogen and oxygen atoms in total. The third-order valence-corrected chi connectivity index (χ3v) is 4.58. The van der Waals surface area contributed by atoms with E-state index in [1.54, 1.807) is 9.80 Å². The maximum atomic E-state index is 12.7. The van der Waals surface area contributed by atoms with Gasteiger partial charge in [0.05, 0.1) is 12.6 Å². The summed E-state index contributed by atoms with van der Waals surface area (Å²) in [4.78, 5) is 28.2. The number of carbonyl (C=O) groups excluding carboxylic acids is 2. The summed E-state index contributed by atoms with van der Waals surface area (Å²) in [7, 11) is 0. The van der Waals surface area contributed by atoms with Crippen LogP contribution < -0.4 is 0 Å². The summed E-state index contributed by atoms with van der Waals surface area (Å²) >= 11 is 0. The van der Waals surface area contributed by atoms with Crippen molar-refractivity contribution in [3.8, 4) is 0 Å². The van der Waals surface area contributed by atoms with Crippen LogP contribution in [0.3, 0.4) is 0 Å². The second kappa shape index (κ2) is 7.51. The van der Waals surface area contributed by atoms with E-state index in [-0.39, 0.29) is 30.6 Å². The van der Waals surface area contributed by atoms with Crippen LogP contribution in [0.4, 0.5) is 4.79 Å². The lowest BCUT2D eigenvalue weighted by molar-refractivity contribution is -0.142. The predicted molar refractivity (Wildman–Crippen MR) is 87.0 cm³/mol. The van der Waals surface area contributed by atoms with Crippen LogP contribution in [0, 0.1) is 5.92 Å². The molecule has 0 spiro atoms. The molecule has 1 aliphatic carbocycles. The van der Waals surface area contributed by atoms with E-state index < -0.39 is 5.60 Å². The van der Waals surface area contributed by atoms with Gasteiger partial charge in [-0.05, 0) is 33.6 Å². The molecule has 0 bridgehead atoms. The number of hydrogen-bond acceptors (Lipinski definition) is 4. The van der Waals surface area contributed by atoms with Gasteiger partial charge in [0.25, 0.3) is 0 Å². The summed E-state index contributed by atoms with van der Waals surface area (Å²) in [5.41, 5.74) is -0.541. The number of carbonyl (C=O) groups is 2. The molecule has 0 aromatic heterocycles. The van der Waals surface area contributed by atoms with Crippen molar-refractivity contribution >= 4 is 12.0 Å². The van der Waals surface area contributed by atoms with Crippen LogP contribution in [0.2, 0.25) is 0 Å². The Bertz CT molecular complexity index is 427. The zero-order valence-corrected chi connectivity index (χ0v) is 14.6. The van der Waals surface area contributed by atoms with Gasteiger partial charge in [0.15, 0.2) is 0 Å². The molecule has 2 fully saturated rings. The van der Waals surface area contributed by atoms with E-state index in [4.69, 9.17) is 4.74 Å². The Labute approximate surface area is 138 Å². The fraction of sp³-hybridized carbons (Fsp3) is 0.882. The van der Waals surface area contributed by atoms with Crippen molar-refractivity contribution in [1.82, 2.24) is 9.80 Å². The van der Waals surface area contributed by atoms with E-state index >= 15 is 0 Å². The Balaban J connectivity index is 1.95. The Morgan fingerprint density at radius 2 is 1.78 bits per heavy atom. The molecule has 6 heteroatoms. The average molecular weight is 326 g/mol. The van der Waals surface area contributed by atoms with Crippen LogP contribution in [0.25, 0.3) is 0 Å². The first kappa shape index (κ1) is 18.0. The molecule has 0 aromatic rings. The monoisotopic (exact) mass is 326 g/mol. The summed E-state index contributed by atoms with van der Waals surface area (Å²) in [5.74, 6) is 0.235. The first-order valence-corrected chi connectivity index (χ1v) is 8.71. The fourth-order valence-corrected chi connectivity index (χ4v) is 3.38. The zero-order valence-electron chi connectivity index (χ0n) is 14.6. The lowest BCUT2D eigenvalue weighted by Gasteiger charge is -2.42. The van der Waals surface area contributed by atoms with Gasteiger partial charge in [0, 0.05) is 25.6 Å². The highest BCUT2D eigenvalue weighted by Crippen LogP contribution is 2.27. The molecule has 0 radical (unpaired) electrons. The van der Waals surface area contributed by atoms with Crippen LogP contribution >= 0.6 is 0 Å². The fourth-order valence-electron chi connectivity index (χ4n) is 3.38. The van der Waals surface area contributed by atoms with Gasteiger partial charge >= 0.3 is 6.09 Å². The number of nitrogens with zero attached hydrogens (tertiary/aromatic N) is 2. The first-order chi connectivity index (χ1) is 10.8. The Kier molecular flexibility index (Phi) is 5.89. The quantitative estimate of drug-likeness (QED) is 0.843. The third kappa shape index (κ3) is 4.83. The smallest absolute Gasteiger partial charge is 0.410 e. The van der Waals surface area contributed by atoms with Crippen LogP contribution in [0.5, 0.6) is 0 Å². The van der Waals surface area contributed by atoms with Gasteiger partial charge < -0.3 is 19.6 Å². The molecule has 1 unspecified atom stereocenters. The molecular weight excluding hydrogens is 296 g/mol. The van der Waals surface area contributed by atoms with Gasteiger partial charge in [-0.3, -0.25) is 4.79 Å². The summed E-state index contributed by atoms with van der Waals surface area (Å²) in [5, 5.41) is 9.67. The molecule has 2 aliphatic rings. The van der Waals surface area contributed by atoms with Gasteiger partial charge in [-0.1, -0.05) is 19.3 Å². The standard InChI is InChI=1S/C17H30N2O4/c1-17(2,3)23-16(22)18-9-10-19(14(11-18)12-20)15(21)13-7-5-4-6-8-13/h13-14,20H,4-12H2,1-3H3. The van der Waals surface area contributed by atoms with E-state index in [1.807, 2.05) is 20.8 Å². The van der Waals surface area contributed by atoms with E-state index in [2.05, 4.69) is 0 Å². The van der Waals surface area contributed by atoms with E-state index in [0.29, 0.717) is 19.6 Å². The molecule has 0 aromatic carbocycles. The minimum absolute atomic E-state index is 0.0888. The van der Waals surface area contributed by atoms with Crippen LogP contribution in [-0.2, 0) is 9.53 Å². The second-order valence-corrected chi connectivity index (χ2v) is 7.63. The van der Waals surface area contributed by atoms with Crippen molar-refractivity contribution in [2.75, 3.05) is 26.2 Å². The van der Waals surface area contributed by atoms with Crippen molar-refractivity contribution < 1.29 is 19.4 Å². The Hall–Kier alpha value is -1.30. The zero-order chi connectivity index (χ0) is 17.0. The Morgan fingerprint density at radius 3 is 2.35 bits per heavy atom. The SMILES string of the molecule is CC(C)(C)OC(=O)N1CCN(C(=O)C2CCCCC2)C(CO)C1. The van der Waals surface area contributed by atoms with Crippen LogP contribution in [0.1, 0.15) is 52.9 Å². The molecule has 1 atom stereocenters. The molecular formula is C17H30N2O4.